The molecule has 0 fully saturated rings. The Morgan fingerprint density at radius 1 is 1.35 bits per heavy atom. The second-order valence-corrected chi connectivity index (χ2v) is 3.60. The van der Waals surface area contributed by atoms with Crippen LogP contribution in [0, 0.1) is 0 Å². The van der Waals surface area contributed by atoms with E-state index < -0.39 is 5.97 Å². The number of ether oxygens (including phenoxy) is 2. The van der Waals surface area contributed by atoms with E-state index in [1.165, 1.54) is 0 Å². The molecule has 1 N–H and O–H groups in total. The third-order valence-electron chi connectivity index (χ3n) is 2.56. The standard InChI is InChI=1S/C12H13NO4/c1-16-9-5-8-3-4-13(7-11(14)15)12(8)10(6-9)17-2/h3-6H,7H2,1-2H3,(H,14,15). The van der Waals surface area contributed by atoms with Crippen LogP contribution in [-0.2, 0) is 11.3 Å². The van der Waals surface area contributed by atoms with Crippen molar-refractivity contribution in [1.82, 2.24) is 4.57 Å². The first-order valence-electron chi connectivity index (χ1n) is 5.08. The summed E-state index contributed by atoms with van der Waals surface area (Å²) in [5.74, 6) is 0.397. The van der Waals surface area contributed by atoms with Crippen LogP contribution in [0.1, 0.15) is 0 Å². The Bertz CT molecular complexity index is 559. The van der Waals surface area contributed by atoms with Crippen molar-refractivity contribution >= 4 is 16.9 Å². The van der Waals surface area contributed by atoms with Gasteiger partial charge in [0.1, 0.15) is 18.0 Å². The van der Waals surface area contributed by atoms with Gasteiger partial charge in [0, 0.05) is 17.6 Å². The van der Waals surface area contributed by atoms with Gasteiger partial charge in [0.05, 0.1) is 19.7 Å². The fourth-order valence-corrected chi connectivity index (χ4v) is 1.83. The van der Waals surface area contributed by atoms with Gasteiger partial charge in [-0.25, -0.2) is 0 Å². The molecule has 2 aromatic rings. The number of aromatic nitrogens is 1. The van der Waals surface area contributed by atoms with Gasteiger partial charge in [-0.1, -0.05) is 0 Å². The van der Waals surface area contributed by atoms with Crippen LogP contribution in [0.4, 0.5) is 0 Å². The molecule has 0 aliphatic heterocycles. The lowest BCUT2D eigenvalue weighted by Gasteiger charge is -2.09. The number of carboxylic acid groups (broad SMARTS) is 1. The highest BCUT2D eigenvalue weighted by atomic mass is 16.5. The van der Waals surface area contributed by atoms with E-state index in [1.807, 2.05) is 12.1 Å². The summed E-state index contributed by atoms with van der Waals surface area (Å²) in [6.07, 6.45) is 1.72. The van der Waals surface area contributed by atoms with Gasteiger partial charge in [-0.2, -0.15) is 0 Å². The first-order valence-corrected chi connectivity index (χ1v) is 5.08. The smallest absolute Gasteiger partial charge is 0.323 e. The van der Waals surface area contributed by atoms with E-state index in [-0.39, 0.29) is 6.54 Å². The summed E-state index contributed by atoms with van der Waals surface area (Å²) in [5.41, 5.74) is 0.760. The summed E-state index contributed by atoms with van der Waals surface area (Å²) in [7, 11) is 3.13. The fraction of sp³-hybridized carbons (Fsp3) is 0.250. The van der Waals surface area contributed by atoms with Crippen LogP contribution in [0.25, 0.3) is 10.9 Å². The zero-order chi connectivity index (χ0) is 12.4. The number of nitrogens with zero attached hydrogens (tertiary/aromatic N) is 1. The minimum Gasteiger partial charge on any atom is -0.497 e. The molecule has 90 valence electrons. The van der Waals surface area contributed by atoms with Crippen molar-refractivity contribution in [2.75, 3.05) is 14.2 Å². The normalized spacial score (nSPS) is 10.5. The molecule has 1 heterocycles. The summed E-state index contributed by atoms with van der Waals surface area (Å²) in [6, 6.07) is 5.42. The maximum absolute atomic E-state index is 10.7. The Balaban J connectivity index is 2.61. The first kappa shape index (κ1) is 11.3. The van der Waals surface area contributed by atoms with Gasteiger partial charge < -0.3 is 19.1 Å². The maximum atomic E-state index is 10.7. The lowest BCUT2D eigenvalue weighted by Crippen LogP contribution is -2.07. The molecule has 0 bridgehead atoms. The number of rotatable bonds is 4. The van der Waals surface area contributed by atoms with Gasteiger partial charge in [0.15, 0.2) is 0 Å². The number of carboxylic acids is 1. The molecule has 0 spiro atoms. The van der Waals surface area contributed by atoms with Crippen LogP contribution in [0.15, 0.2) is 24.4 Å². The minimum atomic E-state index is -0.889. The lowest BCUT2D eigenvalue weighted by molar-refractivity contribution is -0.137. The van der Waals surface area contributed by atoms with Gasteiger partial charge in [0.25, 0.3) is 0 Å². The molecular formula is C12H13NO4. The van der Waals surface area contributed by atoms with Crippen LogP contribution < -0.4 is 9.47 Å². The van der Waals surface area contributed by atoms with Crippen LogP contribution in [-0.4, -0.2) is 29.9 Å². The zero-order valence-electron chi connectivity index (χ0n) is 9.64. The molecular weight excluding hydrogens is 222 g/mol. The summed E-state index contributed by atoms with van der Waals surface area (Å²) in [4.78, 5) is 10.7. The number of aliphatic carboxylic acids is 1. The van der Waals surface area contributed by atoms with Crippen molar-refractivity contribution in [2.24, 2.45) is 0 Å². The molecule has 2 rings (SSSR count). The number of fused-ring (bicyclic) bond motifs is 1. The van der Waals surface area contributed by atoms with Crippen molar-refractivity contribution < 1.29 is 19.4 Å². The van der Waals surface area contributed by atoms with Crippen molar-refractivity contribution in [2.45, 2.75) is 6.54 Å². The first-order chi connectivity index (χ1) is 8.15. The van der Waals surface area contributed by atoms with Crippen LogP contribution in [0.5, 0.6) is 11.5 Å². The largest absolute Gasteiger partial charge is 0.497 e. The highest BCUT2D eigenvalue weighted by Crippen LogP contribution is 2.31. The summed E-state index contributed by atoms with van der Waals surface area (Å²) in [5, 5.41) is 9.71. The molecule has 0 amide bonds. The molecule has 0 atom stereocenters. The average molecular weight is 235 g/mol. The number of hydrogen-bond donors (Lipinski definition) is 1. The molecule has 0 unspecified atom stereocenters. The predicted molar refractivity (Wildman–Crippen MR) is 62.7 cm³/mol. The van der Waals surface area contributed by atoms with E-state index in [4.69, 9.17) is 14.6 Å². The quantitative estimate of drug-likeness (QED) is 0.876. The molecule has 1 aromatic carbocycles. The van der Waals surface area contributed by atoms with Crippen molar-refractivity contribution in [3.05, 3.63) is 24.4 Å². The number of benzene rings is 1. The molecule has 0 saturated carbocycles. The zero-order valence-corrected chi connectivity index (χ0v) is 9.64. The highest BCUT2D eigenvalue weighted by molar-refractivity contribution is 5.88. The highest BCUT2D eigenvalue weighted by Gasteiger charge is 2.11. The third-order valence-corrected chi connectivity index (χ3v) is 2.56. The van der Waals surface area contributed by atoms with Gasteiger partial charge in [0.2, 0.25) is 0 Å². The van der Waals surface area contributed by atoms with Crippen LogP contribution >= 0.6 is 0 Å². The molecule has 0 aliphatic rings. The van der Waals surface area contributed by atoms with E-state index in [2.05, 4.69) is 0 Å². The second-order valence-electron chi connectivity index (χ2n) is 3.60. The average Bonchev–Trinajstić information content (AvgIpc) is 2.70. The van der Waals surface area contributed by atoms with E-state index in [9.17, 15) is 4.79 Å². The summed E-state index contributed by atoms with van der Waals surface area (Å²) in [6.45, 7) is -0.0911. The Morgan fingerprint density at radius 2 is 2.12 bits per heavy atom. The van der Waals surface area contributed by atoms with Crippen LogP contribution in [0.2, 0.25) is 0 Å². The van der Waals surface area contributed by atoms with E-state index >= 15 is 0 Å². The number of hydrogen-bond acceptors (Lipinski definition) is 3. The van der Waals surface area contributed by atoms with Crippen molar-refractivity contribution in [1.29, 1.82) is 0 Å². The third kappa shape index (κ3) is 2.04. The predicted octanol–water partition coefficient (Wildman–Crippen LogP) is 1.74. The summed E-state index contributed by atoms with van der Waals surface area (Å²) < 4.78 is 12.0. The summed E-state index contributed by atoms with van der Waals surface area (Å²) >= 11 is 0. The fourth-order valence-electron chi connectivity index (χ4n) is 1.83. The molecule has 0 aliphatic carbocycles. The number of carbonyl (C=O) groups is 1. The molecule has 5 nitrogen and oxygen atoms in total. The Hall–Kier alpha value is -2.17. The van der Waals surface area contributed by atoms with E-state index in [0.29, 0.717) is 11.5 Å². The SMILES string of the molecule is COc1cc(OC)c2c(ccn2CC(=O)O)c1. The molecule has 17 heavy (non-hydrogen) atoms. The molecule has 1 aromatic heterocycles. The Kier molecular flexibility index (Phi) is 2.91. The van der Waals surface area contributed by atoms with Gasteiger partial charge >= 0.3 is 5.97 Å². The monoisotopic (exact) mass is 235 g/mol. The van der Waals surface area contributed by atoms with Gasteiger partial charge in [-0.05, 0) is 12.1 Å². The second kappa shape index (κ2) is 4.37. The van der Waals surface area contributed by atoms with Gasteiger partial charge in [-0.15, -0.1) is 0 Å². The minimum absolute atomic E-state index is 0.0911. The van der Waals surface area contributed by atoms with Crippen molar-refractivity contribution in [3.8, 4) is 11.5 Å². The topological polar surface area (TPSA) is 60.7 Å². The number of methoxy groups -OCH3 is 2. The lowest BCUT2D eigenvalue weighted by atomic mass is 10.2. The van der Waals surface area contributed by atoms with Crippen LogP contribution in [0.3, 0.4) is 0 Å². The Morgan fingerprint density at radius 3 is 2.71 bits per heavy atom. The van der Waals surface area contributed by atoms with E-state index in [1.54, 1.807) is 31.0 Å². The molecule has 5 heteroatoms. The maximum Gasteiger partial charge on any atom is 0.323 e. The van der Waals surface area contributed by atoms with Gasteiger partial charge in [-0.3, -0.25) is 4.79 Å². The van der Waals surface area contributed by atoms with E-state index in [0.717, 1.165) is 10.9 Å². The Labute approximate surface area is 98.2 Å². The molecule has 0 radical (unpaired) electrons. The van der Waals surface area contributed by atoms with Crippen molar-refractivity contribution in [3.63, 3.8) is 0 Å². The molecule has 0 saturated heterocycles.